The molecule has 0 radical (unpaired) electrons. The summed E-state index contributed by atoms with van der Waals surface area (Å²) in [5.41, 5.74) is -0.0494. The maximum absolute atomic E-state index is 13.6. The predicted octanol–water partition coefficient (Wildman–Crippen LogP) is 3.83. The van der Waals surface area contributed by atoms with E-state index < -0.39 is 29.4 Å². The second kappa shape index (κ2) is 5.63. The first kappa shape index (κ1) is 14.5. The third-order valence-corrected chi connectivity index (χ3v) is 3.06. The topological polar surface area (TPSA) is 20.2 Å². The minimum absolute atomic E-state index is 0.0705. The van der Waals surface area contributed by atoms with Gasteiger partial charge in [0.1, 0.15) is 23.3 Å². The van der Waals surface area contributed by atoms with Crippen LogP contribution in [0.4, 0.5) is 17.6 Å². The molecule has 0 aliphatic heterocycles. The zero-order chi connectivity index (χ0) is 14.9. The van der Waals surface area contributed by atoms with Crippen molar-refractivity contribution < 1.29 is 22.7 Å². The third kappa shape index (κ3) is 2.99. The Labute approximate surface area is 113 Å². The summed E-state index contributed by atoms with van der Waals surface area (Å²) in [6.45, 7) is 1.42. The summed E-state index contributed by atoms with van der Waals surface area (Å²) < 4.78 is 53.2. The monoisotopic (exact) mass is 284 g/mol. The predicted molar refractivity (Wildman–Crippen MR) is 66.1 cm³/mol. The molecule has 0 aliphatic rings. The Balaban J connectivity index is 2.30. The fraction of sp³-hybridized carbons (Fsp3) is 0.200. The Morgan fingerprint density at radius 3 is 2.35 bits per heavy atom. The number of hydrogen-bond acceptors (Lipinski definition) is 1. The molecule has 0 heterocycles. The second-order valence-electron chi connectivity index (χ2n) is 4.58. The molecule has 106 valence electrons. The van der Waals surface area contributed by atoms with Crippen LogP contribution in [0.1, 0.15) is 22.8 Å². The van der Waals surface area contributed by atoms with Gasteiger partial charge in [0.05, 0.1) is 6.10 Å². The van der Waals surface area contributed by atoms with Gasteiger partial charge in [-0.3, -0.25) is 0 Å². The van der Waals surface area contributed by atoms with Gasteiger partial charge in [-0.2, -0.15) is 0 Å². The minimum Gasteiger partial charge on any atom is -0.388 e. The van der Waals surface area contributed by atoms with E-state index >= 15 is 0 Å². The number of benzene rings is 2. The summed E-state index contributed by atoms with van der Waals surface area (Å²) in [6.07, 6.45) is -1.68. The summed E-state index contributed by atoms with van der Waals surface area (Å²) in [5.74, 6) is -2.98. The van der Waals surface area contributed by atoms with Crippen LogP contribution in [0.2, 0.25) is 0 Å². The molecule has 1 unspecified atom stereocenters. The summed E-state index contributed by atoms with van der Waals surface area (Å²) in [4.78, 5) is 0. The highest BCUT2D eigenvalue weighted by Gasteiger charge is 2.17. The van der Waals surface area contributed by atoms with E-state index in [0.29, 0.717) is 6.07 Å². The van der Waals surface area contributed by atoms with Crippen molar-refractivity contribution in [3.63, 3.8) is 0 Å². The lowest BCUT2D eigenvalue weighted by molar-refractivity contribution is 0.172. The molecule has 0 spiro atoms. The summed E-state index contributed by atoms with van der Waals surface area (Å²) in [5, 5.41) is 9.93. The highest BCUT2D eigenvalue weighted by atomic mass is 19.1. The van der Waals surface area contributed by atoms with E-state index in [1.54, 1.807) is 0 Å². The molecule has 1 atom stereocenters. The average molecular weight is 284 g/mol. The third-order valence-electron chi connectivity index (χ3n) is 3.06. The van der Waals surface area contributed by atoms with Crippen LogP contribution < -0.4 is 0 Å². The summed E-state index contributed by atoms with van der Waals surface area (Å²) >= 11 is 0. The lowest BCUT2D eigenvalue weighted by Gasteiger charge is -2.14. The molecular formula is C15H12F4O. The molecule has 20 heavy (non-hydrogen) atoms. The molecule has 0 aliphatic carbocycles. The van der Waals surface area contributed by atoms with Crippen LogP contribution in [0.15, 0.2) is 30.3 Å². The first-order chi connectivity index (χ1) is 9.38. The van der Waals surface area contributed by atoms with Crippen molar-refractivity contribution in [2.24, 2.45) is 0 Å². The lowest BCUT2D eigenvalue weighted by atomic mass is 9.99. The molecule has 0 saturated heterocycles. The largest absolute Gasteiger partial charge is 0.388 e. The molecule has 5 heteroatoms. The summed E-state index contributed by atoms with van der Waals surface area (Å²) in [7, 11) is 0. The van der Waals surface area contributed by atoms with Crippen molar-refractivity contribution in [3.8, 4) is 0 Å². The quantitative estimate of drug-likeness (QED) is 0.849. The van der Waals surface area contributed by atoms with E-state index in [1.807, 2.05) is 0 Å². The van der Waals surface area contributed by atoms with Gasteiger partial charge >= 0.3 is 0 Å². The fourth-order valence-corrected chi connectivity index (χ4v) is 1.95. The molecule has 2 aromatic carbocycles. The van der Waals surface area contributed by atoms with Gasteiger partial charge in [-0.15, -0.1) is 0 Å². The van der Waals surface area contributed by atoms with Crippen LogP contribution in [0, 0.1) is 30.2 Å². The molecular weight excluding hydrogens is 272 g/mol. The molecule has 2 rings (SSSR count). The zero-order valence-corrected chi connectivity index (χ0v) is 10.6. The van der Waals surface area contributed by atoms with Gasteiger partial charge in [0.25, 0.3) is 0 Å². The maximum atomic E-state index is 13.6. The van der Waals surface area contributed by atoms with Gasteiger partial charge in [-0.25, -0.2) is 17.6 Å². The Bertz CT molecular complexity index is 640. The van der Waals surface area contributed by atoms with Crippen molar-refractivity contribution >= 4 is 0 Å². The average Bonchev–Trinajstić information content (AvgIpc) is 2.38. The zero-order valence-electron chi connectivity index (χ0n) is 10.6. The van der Waals surface area contributed by atoms with Crippen LogP contribution in [-0.4, -0.2) is 5.11 Å². The highest BCUT2D eigenvalue weighted by Crippen LogP contribution is 2.25. The molecule has 0 fully saturated rings. The van der Waals surface area contributed by atoms with E-state index in [0.717, 1.165) is 24.3 Å². The SMILES string of the molecule is Cc1cc(C(O)Cc2cc(F)ccc2F)c(F)cc1F. The Morgan fingerprint density at radius 2 is 1.65 bits per heavy atom. The first-order valence-electron chi connectivity index (χ1n) is 5.96. The van der Waals surface area contributed by atoms with E-state index in [-0.39, 0.29) is 23.1 Å². The van der Waals surface area contributed by atoms with Gasteiger partial charge < -0.3 is 5.11 Å². The van der Waals surface area contributed by atoms with Gasteiger partial charge in [0, 0.05) is 18.1 Å². The van der Waals surface area contributed by atoms with Crippen molar-refractivity contribution in [2.75, 3.05) is 0 Å². The van der Waals surface area contributed by atoms with Crippen molar-refractivity contribution in [1.82, 2.24) is 0 Å². The molecule has 0 amide bonds. The second-order valence-corrected chi connectivity index (χ2v) is 4.58. The van der Waals surface area contributed by atoms with Crippen LogP contribution >= 0.6 is 0 Å². The van der Waals surface area contributed by atoms with E-state index in [1.165, 1.54) is 6.92 Å². The normalized spacial score (nSPS) is 12.5. The molecule has 0 saturated carbocycles. The Hall–Kier alpha value is -1.88. The highest BCUT2D eigenvalue weighted by molar-refractivity contribution is 5.29. The fourth-order valence-electron chi connectivity index (χ4n) is 1.95. The standard InChI is InChI=1S/C15H12F4O/c1-8-4-11(14(19)7-13(8)18)15(20)6-9-5-10(16)2-3-12(9)17/h2-5,7,15,20H,6H2,1H3. The van der Waals surface area contributed by atoms with E-state index in [9.17, 15) is 22.7 Å². The molecule has 2 aromatic rings. The Kier molecular flexibility index (Phi) is 4.09. The Morgan fingerprint density at radius 1 is 0.950 bits per heavy atom. The summed E-state index contributed by atoms with van der Waals surface area (Å²) in [6, 6.07) is 4.65. The smallest absolute Gasteiger partial charge is 0.131 e. The van der Waals surface area contributed by atoms with Gasteiger partial charge in [-0.05, 0) is 42.3 Å². The van der Waals surface area contributed by atoms with Gasteiger partial charge in [0.15, 0.2) is 0 Å². The number of aliphatic hydroxyl groups is 1. The number of halogens is 4. The van der Waals surface area contributed by atoms with Crippen molar-refractivity contribution in [2.45, 2.75) is 19.4 Å². The van der Waals surface area contributed by atoms with Crippen molar-refractivity contribution in [1.29, 1.82) is 0 Å². The molecule has 1 N–H and O–H groups in total. The number of rotatable bonds is 3. The van der Waals surface area contributed by atoms with E-state index in [2.05, 4.69) is 0 Å². The lowest BCUT2D eigenvalue weighted by Crippen LogP contribution is -2.07. The minimum atomic E-state index is -1.38. The van der Waals surface area contributed by atoms with Crippen LogP contribution in [0.25, 0.3) is 0 Å². The first-order valence-corrected chi connectivity index (χ1v) is 5.96. The number of aliphatic hydroxyl groups excluding tert-OH is 1. The van der Waals surface area contributed by atoms with Gasteiger partial charge in [0.2, 0.25) is 0 Å². The molecule has 0 aromatic heterocycles. The maximum Gasteiger partial charge on any atom is 0.131 e. The van der Waals surface area contributed by atoms with E-state index in [4.69, 9.17) is 0 Å². The van der Waals surface area contributed by atoms with Crippen molar-refractivity contribution in [3.05, 3.63) is 70.3 Å². The number of hydrogen-bond donors (Lipinski definition) is 1. The van der Waals surface area contributed by atoms with Crippen LogP contribution in [-0.2, 0) is 6.42 Å². The molecule has 0 bridgehead atoms. The molecule has 1 nitrogen and oxygen atoms in total. The van der Waals surface area contributed by atoms with Gasteiger partial charge in [-0.1, -0.05) is 0 Å². The number of aryl methyl sites for hydroxylation is 1. The van der Waals surface area contributed by atoms with Crippen LogP contribution in [0.5, 0.6) is 0 Å². The van der Waals surface area contributed by atoms with Crippen LogP contribution in [0.3, 0.4) is 0 Å².